The highest BCUT2D eigenvalue weighted by molar-refractivity contribution is 6.31. The quantitative estimate of drug-likeness (QED) is 0.323. The summed E-state index contributed by atoms with van der Waals surface area (Å²) in [6, 6.07) is 14.9. The molecular weight excluding hydrogens is 543 g/mol. The van der Waals surface area contributed by atoms with Crippen molar-refractivity contribution in [3.8, 4) is 0 Å². The van der Waals surface area contributed by atoms with Crippen molar-refractivity contribution in [3.63, 3.8) is 0 Å². The number of anilines is 4. The molecule has 2 aromatic heterocycles. The fourth-order valence-corrected chi connectivity index (χ4v) is 5.19. The van der Waals surface area contributed by atoms with Gasteiger partial charge in [0.15, 0.2) is 0 Å². The van der Waals surface area contributed by atoms with Crippen LogP contribution in [0, 0.1) is 13.8 Å². The lowest BCUT2D eigenvalue weighted by Crippen LogP contribution is -2.16. The van der Waals surface area contributed by atoms with Gasteiger partial charge in [-0.05, 0) is 62.4 Å². The van der Waals surface area contributed by atoms with Crippen LogP contribution >= 0.6 is 23.2 Å². The molecule has 2 aromatic carbocycles. The number of fused-ring (bicyclic) bond motifs is 2. The second-order valence-electron chi connectivity index (χ2n) is 9.07. The standard InChI is InChI=1S/C14H14ClN3O2.C13H12ClN3O2/c1-9-12(14(19)20-2)13-17(7-8-18(13)16-9)11-5-3-10(15)4-6-11;1-8-11(13(18)19)12-16(6-7-17(12)15-8)10-4-2-9(14)3-5-10/h3-6H,7-8H2,1-2H3;2-5H,6-7H2,1H3,(H,18,19). The van der Waals surface area contributed by atoms with Gasteiger partial charge in [-0.2, -0.15) is 10.2 Å². The monoisotopic (exact) mass is 568 g/mol. The van der Waals surface area contributed by atoms with Crippen molar-refractivity contribution in [2.75, 3.05) is 30.0 Å². The number of aryl methyl sites for hydroxylation is 2. The van der Waals surface area contributed by atoms with Gasteiger partial charge >= 0.3 is 11.9 Å². The Hall–Kier alpha value is -4.02. The third-order valence-corrected chi connectivity index (χ3v) is 7.17. The molecule has 0 unspecified atom stereocenters. The Morgan fingerprint density at radius 1 is 0.744 bits per heavy atom. The highest BCUT2D eigenvalue weighted by Gasteiger charge is 2.32. The van der Waals surface area contributed by atoms with E-state index in [1.807, 2.05) is 52.9 Å². The molecule has 0 saturated carbocycles. The molecule has 0 atom stereocenters. The highest BCUT2D eigenvalue weighted by Crippen LogP contribution is 2.36. The normalized spacial score (nSPS) is 13.6. The summed E-state index contributed by atoms with van der Waals surface area (Å²) in [6.45, 7) is 6.45. The molecular formula is C27H26Cl2N6O4. The molecule has 39 heavy (non-hydrogen) atoms. The SMILES string of the molecule is COC(=O)c1c(C)nn2c1N(c1ccc(Cl)cc1)CC2.Cc1nn2c(c1C(=O)O)N(c1ccc(Cl)cc1)CC2. The van der Waals surface area contributed by atoms with E-state index in [0.29, 0.717) is 45.9 Å². The van der Waals surface area contributed by atoms with E-state index in [0.717, 1.165) is 30.3 Å². The van der Waals surface area contributed by atoms with Crippen LogP contribution in [0.4, 0.5) is 23.0 Å². The van der Waals surface area contributed by atoms with Gasteiger partial charge in [-0.3, -0.25) is 0 Å². The fourth-order valence-electron chi connectivity index (χ4n) is 4.94. The number of rotatable bonds is 4. The second-order valence-corrected chi connectivity index (χ2v) is 9.94. The molecule has 202 valence electrons. The Bertz CT molecular complexity index is 1550. The third-order valence-electron chi connectivity index (χ3n) is 6.66. The molecule has 2 aliphatic heterocycles. The topological polar surface area (TPSA) is 106 Å². The van der Waals surface area contributed by atoms with Crippen LogP contribution in [0.25, 0.3) is 0 Å². The lowest BCUT2D eigenvalue weighted by Gasteiger charge is -2.18. The van der Waals surface area contributed by atoms with Gasteiger partial charge in [0, 0.05) is 34.5 Å². The first kappa shape index (κ1) is 26.6. The van der Waals surface area contributed by atoms with Gasteiger partial charge in [0.1, 0.15) is 22.8 Å². The van der Waals surface area contributed by atoms with Crippen molar-refractivity contribution in [2.24, 2.45) is 0 Å². The van der Waals surface area contributed by atoms with Crippen LogP contribution in [-0.2, 0) is 17.8 Å². The van der Waals surface area contributed by atoms with E-state index in [2.05, 4.69) is 15.1 Å². The van der Waals surface area contributed by atoms with Gasteiger partial charge in [0.25, 0.3) is 0 Å². The van der Waals surface area contributed by atoms with E-state index >= 15 is 0 Å². The van der Waals surface area contributed by atoms with Gasteiger partial charge in [0.2, 0.25) is 0 Å². The molecule has 0 radical (unpaired) electrons. The number of halogens is 2. The van der Waals surface area contributed by atoms with Crippen molar-refractivity contribution >= 4 is 58.2 Å². The zero-order valence-electron chi connectivity index (χ0n) is 21.6. The number of carbonyl (C=O) groups is 2. The highest BCUT2D eigenvalue weighted by atomic mass is 35.5. The summed E-state index contributed by atoms with van der Waals surface area (Å²) in [5, 5.41) is 19.3. The molecule has 4 heterocycles. The van der Waals surface area contributed by atoms with Crippen molar-refractivity contribution in [2.45, 2.75) is 26.9 Å². The van der Waals surface area contributed by atoms with E-state index in [9.17, 15) is 14.7 Å². The van der Waals surface area contributed by atoms with E-state index in [-0.39, 0.29) is 11.5 Å². The van der Waals surface area contributed by atoms with Crippen molar-refractivity contribution in [1.29, 1.82) is 0 Å². The van der Waals surface area contributed by atoms with E-state index in [1.54, 1.807) is 23.7 Å². The molecule has 10 nitrogen and oxygen atoms in total. The number of aromatic nitrogens is 4. The summed E-state index contributed by atoms with van der Waals surface area (Å²) in [6.07, 6.45) is 0. The van der Waals surface area contributed by atoms with Crippen LogP contribution in [0.15, 0.2) is 48.5 Å². The first-order valence-electron chi connectivity index (χ1n) is 12.2. The molecule has 2 aliphatic rings. The van der Waals surface area contributed by atoms with Crippen molar-refractivity contribution in [1.82, 2.24) is 19.6 Å². The molecule has 6 rings (SSSR count). The van der Waals surface area contributed by atoms with E-state index in [1.165, 1.54) is 7.11 Å². The number of esters is 1. The smallest absolute Gasteiger partial charge is 0.343 e. The Morgan fingerprint density at radius 3 is 1.56 bits per heavy atom. The molecule has 0 saturated heterocycles. The average Bonchev–Trinajstić information content (AvgIpc) is 3.65. The van der Waals surface area contributed by atoms with Crippen LogP contribution in [0.1, 0.15) is 32.1 Å². The molecule has 1 N–H and O–H groups in total. The van der Waals surface area contributed by atoms with Crippen molar-refractivity contribution < 1.29 is 19.4 Å². The summed E-state index contributed by atoms with van der Waals surface area (Å²) in [4.78, 5) is 27.4. The molecule has 0 spiro atoms. The minimum absolute atomic E-state index is 0.271. The predicted molar refractivity (Wildman–Crippen MR) is 149 cm³/mol. The maximum Gasteiger partial charge on any atom is 0.343 e. The zero-order chi connectivity index (χ0) is 27.8. The number of carboxylic acids is 1. The number of aromatic carboxylic acids is 1. The largest absolute Gasteiger partial charge is 0.477 e. The Labute approximate surface area is 234 Å². The minimum Gasteiger partial charge on any atom is -0.477 e. The lowest BCUT2D eigenvalue weighted by atomic mass is 10.2. The number of ether oxygens (including phenoxy) is 1. The molecule has 4 aromatic rings. The third kappa shape index (κ3) is 4.93. The molecule has 0 fully saturated rings. The van der Waals surface area contributed by atoms with E-state index in [4.69, 9.17) is 27.9 Å². The maximum atomic E-state index is 12.0. The van der Waals surface area contributed by atoms with Gasteiger partial charge in [-0.1, -0.05) is 23.2 Å². The predicted octanol–water partition coefficient (Wildman–Crippen LogP) is 5.48. The van der Waals surface area contributed by atoms with Crippen molar-refractivity contribution in [3.05, 3.63) is 81.1 Å². The minimum atomic E-state index is -0.945. The van der Waals surface area contributed by atoms with Crippen LogP contribution in [0.2, 0.25) is 10.0 Å². The second kappa shape index (κ2) is 10.6. The first-order chi connectivity index (χ1) is 18.7. The maximum absolute atomic E-state index is 12.0. The molecule has 12 heteroatoms. The Kier molecular flexibility index (Phi) is 7.24. The Balaban J connectivity index is 0.000000158. The molecule has 0 amide bonds. The summed E-state index contributed by atoms with van der Waals surface area (Å²) >= 11 is 11.8. The van der Waals surface area contributed by atoms with Crippen LogP contribution in [-0.4, -0.2) is 56.8 Å². The fraction of sp³-hybridized carbons (Fsp3) is 0.259. The van der Waals surface area contributed by atoms with Crippen LogP contribution in [0.5, 0.6) is 0 Å². The zero-order valence-corrected chi connectivity index (χ0v) is 23.1. The lowest BCUT2D eigenvalue weighted by molar-refractivity contribution is 0.0600. The summed E-state index contributed by atoms with van der Waals surface area (Å²) in [5.74, 6) is 0.133. The summed E-state index contributed by atoms with van der Waals surface area (Å²) in [5.41, 5.74) is 3.93. The van der Waals surface area contributed by atoms with Gasteiger partial charge < -0.3 is 19.6 Å². The number of hydrogen-bond acceptors (Lipinski definition) is 7. The Morgan fingerprint density at radius 2 is 1.15 bits per heavy atom. The van der Waals surface area contributed by atoms with Gasteiger partial charge in [-0.15, -0.1) is 0 Å². The number of benzene rings is 2. The summed E-state index contributed by atoms with van der Waals surface area (Å²) in [7, 11) is 1.38. The van der Waals surface area contributed by atoms with E-state index < -0.39 is 5.97 Å². The number of nitrogens with zero attached hydrogens (tertiary/aromatic N) is 6. The van der Waals surface area contributed by atoms with Crippen LogP contribution in [0.3, 0.4) is 0 Å². The number of methoxy groups -OCH3 is 1. The molecule has 0 bridgehead atoms. The first-order valence-corrected chi connectivity index (χ1v) is 13.0. The number of carboxylic acid groups (broad SMARTS) is 1. The average molecular weight is 569 g/mol. The number of hydrogen-bond donors (Lipinski definition) is 1. The van der Waals surface area contributed by atoms with Crippen LogP contribution < -0.4 is 9.80 Å². The molecule has 0 aliphatic carbocycles. The van der Waals surface area contributed by atoms with Gasteiger partial charge in [-0.25, -0.2) is 19.0 Å². The van der Waals surface area contributed by atoms with Gasteiger partial charge in [0.05, 0.1) is 31.6 Å². The summed E-state index contributed by atoms with van der Waals surface area (Å²) < 4.78 is 8.45. The number of carbonyl (C=O) groups excluding carboxylic acids is 1.